The Labute approximate surface area is 116 Å². The zero-order valence-electron chi connectivity index (χ0n) is 12.1. The van der Waals surface area contributed by atoms with Crippen molar-refractivity contribution in [3.63, 3.8) is 0 Å². The van der Waals surface area contributed by atoms with Gasteiger partial charge >= 0.3 is 0 Å². The molecule has 1 atom stereocenters. The number of carbonyl (C=O) groups excluding carboxylic acids is 1. The Morgan fingerprint density at radius 2 is 2.05 bits per heavy atom. The minimum atomic E-state index is 0.0277. The van der Waals surface area contributed by atoms with Crippen molar-refractivity contribution in [1.29, 1.82) is 0 Å². The lowest BCUT2D eigenvalue weighted by molar-refractivity contribution is -0.132. The summed E-state index contributed by atoms with van der Waals surface area (Å²) in [6.07, 6.45) is 2.07. The van der Waals surface area contributed by atoms with E-state index in [0.717, 1.165) is 19.4 Å². The molecule has 1 aliphatic rings. The van der Waals surface area contributed by atoms with Crippen LogP contribution in [0.15, 0.2) is 24.3 Å². The molecule has 19 heavy (non-hydrogen) atoms. The maximum atomic E-state index is 12.2. The summed E-state index contributed by atoms with van der Waals surface area (Å²) in [5.74, 6) is 0.765. The molecular formula is C16H24N2O. The van der Waals surface area contributed by atoms with Crippen LogP contribution in [0.5, 0.6) is 0 Å². The van der Waals surface area contributed by atoms with Crippen molar-refractivity contribution in [1.82, 2.24) is 10.2 Å². The minimum absolute atomic E-state index is 0.0277. The van der Waals surface area contributed by atoms with Gasteiger partial charge in [-0.2, -0.15) is 0 Å². The molecule has 1 heterocycles. The number of likely N-dealkylation sites (N-methyl/N-ethyl adjacent to an activating group) is 1. The standard InChI is InChI=1S/C16H24N2O/c1-12(2)14-8-6-13(7-9-14)11-18(3)16(19)15-5-4-10-17-15/h6-9,12,15,17H,4-5,10-11H2,1-3H3/t15-/m1/s1. The molecule has 2 rings (SSSR count). The van der Waals surface area contributed by atoms with Crippen LogP contribution >= 0.6 is 0 Å². The number of nitrogens with zero attached hydrogens (tertiary/aromatic N) is 1. The normalized spacial score (nSPS) is 18.8. The van der Waals surface area contributed by atoms with Gasteiger partial charge in [-0.1, -0.05) is 38.1 Å². The molecular weight excluding hydrogens is 236 g/mol. The van der Waals surface area contributed by atoms with Gasteiger partial charge < -0.3 is 10.2 Å². The number of benzene rings is 1. The molecule has 0 unspecified atom stereocenters. The van der Waals surface area contributed by atoms with E-state index in [1.807, 2.05) is 11.9 Å². The van der Waals surface area contributed by atoms with E-state index in [4.69, 9.17) is 0 Å². The van der Waals surface area contributed by atoms with E-state index in [1.54, 1.807) is 0 Å². The Morgan fingerprint density at radius 1 is 1.37 bits per heavy atom. The Kier molecular flexibility index (Phi) is 4.59. The van der Waals surface area contributed by atoms with E-state index in [1.165, 1.54) is 11.1 Å². The molecule has 1 saturated heterocycles. The Hall–Kier alpha value is -1.35. The maximum Gasteiger partial charge on any atom is 0.239 e. The number of carbonyl (C=O) groups is 1. The number of nitrogens with one attached hydrogen (secondary N) is 1. The summed E-state index contributed by atoms with van der Waals surface area (Å²) in [5, 5.41) is 3.26. The number of rotatable bonds is 4. The first-order chi connectivity index (χ1) is 9.08. The Morgan fingerprint density at radius 3 is 2.58 bits per heavy atom. The number of amides is 1. The fourth-order valence-corrected chi connectivity index (χ4v) is 2.52. The lowest BCUT2D eigenvalue weighted by Crippen LogP contribution is -2.41. The SMILES string of the molecule is CC(C)c1ccc(CN(C)C(=O)[C@H]2CCCN2)cc1. The van der Waals surface area contributed by atoms with E-state index in [2.05, 4.69) is 43.4 Å². The largest absolute Gasteiger partial charge is 0.340 e. The smallest absolute Gasteiger partial charge is 0.239 e. The lowest BCUT2D eigenvalue weighted by atomic mass is 10.0. The Bertz CT molecular complexity index is 419. The van der Waals surface area contributed by atoms with Crippen LogP contribution in [0.25, 0.3) is 0 Å². The van der Waals surface area contributed by atoms with Crippen LogP contribution < -0.4 is 5.32 Å². The second kappa shape index (κ2) is 6.20. The highest BCUT2D eigenvalue weighted by Crippen LogP contribution is 2.16. The zero-order valence-corrected chi connectivity index (χ0v) is 12.1. The summed E-state index contributed by atoms with van der Waals surface area (Å²) >= 11 is 0. The van der Waals surface area contributed by atoms with Crippen LogP contribution in [-0.4, -0.2) is 30.4 Å². The molecule has 0 aliphatic carbocycles. The highest BCUT2D eigenvalue weighted by molar-refractivity contribution is 5.81. The van der Waals surface area contributed by atoms with Gasteiger partial charge in [0.05, 0.1) is 6.04 Å². The molecule has 1 aromatic rings. The van der Waals surface area contributed by atoms with Gasteiger partial charge in [0.25, 0.3) is 0 Å². The third-order valence-electron chi connectivity index (χ3n) is 3.80. The molecule has 0 bridgehead atoms. The zero-order chi connectivity index (χ0) is 13.8. The van der Waals surface area contributed by atoms with Gasteiger partial charge in [-0.25, -0.2) is 0 Å². The highest BCUT2D eigenvalue weighted by atomic mass is 16.2. The average molecular weight is 260 g/mol. The number of hydrogen-bond donors (Lipinski definition) is 1. The van der Waals surface area contributed by atoms with Gasteiger partial charge in [-0.15, -0.1) is 0 Å². The molecule has 1 N–H and O–H groups in total. The minimum Gasteiger partial charge on any atom is -0.340 e. The molecule has 1 amide bonds. The van der Waals surface area contributed by atoms with Crippen LogP contribution in [0.4, 0.5) is 0 Å². The molecule has 104 valence electrons. The average Bonchev–Trinajstić information content (AvgIpc) is 2.92. The quantitative estimate of drug-likeness (QED) is 0.902. The van der Waals surface area contributed by atoms with Crippen molar-refractivity contribution in [2.24, 2.45) is 0 Å². The molecule has 3 heteroatoms. The molecule has 1 fully saturated rings. The summed E-state index contributed by atoms with van der Waals surface area (Å²) < 4.78 is 0. The maximum absolute atomic E-state index is 12.2. The summed E-state index contributed by atoms with van der Waals surface area (Å²) in [7, 11) is 1.89. The summed E-state index contributed by atoms with van der Waals surface area (Å²) in [6.45, 7) is 6.04. The lowest BCUT2D eigenvalue weighted by Gasteiger charge is -2.21. The van der Waals surface area contributed by atoms with Crippen molar-refractivity contribution < 1.29 is 4.79 Å². The second-order valence-electron chi connectivity index (χ2n) is 5.74. The molecule has 1 aromatic carbocycles. The van der Waals surface area contributed by atoms with E-state index >= 15 is 0 Å². The first-order valence-electron chi connectivity index (χ1n) is 7.15. The molecule has 3 nitrogen and oxygen atoms in total. The third kappa shape index (κ3) is 3.57. The molecule has 1 aliphatic heterocycles. The molecule has 0 spiro atoms. The summed E-state index contributed by atoms with van der Waals surface area (Å²) in [5.41, 5.74) is 2.54. The monoisotopic (exact) mass is 260 g/mol. The van der Waals surface area contributed by atoms with Gasteiger partial charge in [0.1, 0.15) is 0 Å². The summed E-state index contributed by atoms with van der Waals surface area (Å²) in [6, 6.07) is 8.60. The first kappa shape index (κ1) is 14.1. The molecule has 0 saturated carbocycles. The van der Waals surface area contributed by atoms with Crippen molar-refractivity contribution in [2.45, 2.75) is 45.2 Å². The predicted octanol–water partition coefficient (Wildman–Crippen LogP) is 2.52. The van der Waals surface area contributed by atoms with Crippen molar-refractivity contribution in [3.8, 4) is 0 Å². The van der Waals surface area contributed by atoms with E-state index in [0.29, 0.717) is 12.5 Å². The van der Waals surface area contributed by atoms with Crippen LogP contribution in [0.1, 0.15) is 43.7 Å². The topological polar surface area (TPSA) is 32.3 Å². The van der Waals surface area contributed by atoms with Gasteiger partial charge in [-0.3, -0.25) is 4.79 Å². The van der Waals surface area contributed by atoms with Crippen LogP contribution in [0, 0.1) is 0 Å². The first-order valence-corrected chi connectivity index (χ1v) is 7.15. The van der Waals surface area contributed by atoms with Crippen LogP contribution in [0.3, 0.4) is 0 Å². The predicted molar refractivity (Wildman–Crippen MR) is 78.0 cm³/mol. The Balaban J connectivity index is 1.94. The van der Waals surface area contributed by atoms with Crippen molar-refractivity contribution in [2.75, 3.05) is 13.6 Å². The van der Waals surface area contributed by atoms with Gasteiger partial charge in [0.15, 0.2) is 0 Å². The van der Waals surface area contributed by atoms with Gasteiger partial charge in [-0.05, 0) is 36.4 Å². The molecule has 0 radical (unpaired) electrons. The fourth-order valence-electron chi connectivity index (χ4n) is 2.52. The highest BCUT2D eigenvalue weighted by Gasteiger charge is 2.24. The molecule has 0 aromatic heterocycles. The summed E-state index contributed by atoms with van der Waals surface area (Å²) in [4.78, 5) is 14.0. The van der Waals surface area contributed by atoms with Crippen LogP contribution in [-0.2, 0) is 11.3 Å². The van der Waals surface area contributed by atoms with Crippen molar-refractivity contribution >= 4 is 5.91 Å². The van der Waals surface area contributed by atoms with Gasteiger partial charge in [0.2, 0.25) is 5.91 Å². The number of hydrogen-bond acceptors (Lipinski definition) is 2. The van der Waals surface area contributed by atoms with E-state index in [-0.39, 0.29) is 11.9 Å². The van der Waals surface area contributed by atoms with Crippen molar-refractivity contribution in [3.05, 3.63) is 35.4 Å². The second-order valence-corrected chi connectivity index (χ2v) is 5.74. The van der Waals surface area contributed by atoms with Gasteiger partial charge in [0, 0.05) is 13.6 Å². The van der Waals surface area contributed by atoms with E-state index < -0.39 is 0 Å². The van der Waals surface area contributed by atoms with E-state index in [9.17, 15) is 4.79 Å². The van der Waals surface area contributed by atoms with Crippen LogP contribution in [0.2, 0.25) is 0 Å². The fraction of sp³-hybridized carbons (Fsp3) is 0.562. The third-order valence-corrected chi connectivity index (χ3v) is 3.80.